The van der Waals surface area contributed by atoms with Crippen molar-refractivity contribution in [3.8, 4) is 5.75 Å². The van der Waals surface area contributed by atoms with Crippen molar-refractivity contribution in [2.45, 2.75) is 39.2 Å². The Balaban J connectivity index is 2.05. The van der Waals surface area contributed by atoms with Crippen LogP contribution in [0, 0.1) is 0 Å². The Morgan fingerprint density at radius 1 is 1.00 bits per heavy atom. The van der Waals surface area contributed by atoms with Gasteiger partial charge in [-0.05, 0) is 54.8 Å². The van der Waals surface area contributed by atoms with E-state index in [1.54, 1.807) is 29.2 Å². The van der Waals surface area contributed by atoms with Gasteiger partial charge in [-0.1, -0.05) is 32.4 Å². The van der Waals surface area contributed by atoms with Gasteiger partial charge in [-0.15, -0.1) is 0 Å². The van der Waals surface area contributed by atoms with Crippen molar-refractivity contribution < 1.29 is 19.4 Å². The topological polar surface area (TPSA) is 70.1 Å². The Morgan fingerprint density at radius 2 is 1.66 bits per heavy atom. The molecule has 1 saturated heterocycles. The van der Waals surface area contributed by atoms with E-state index >= 15 is 0 Å². The lowest BCUT2D eigenvalue weighted by molar-refractivity contribution is -0.139. The molecule has 6 heteroatoms. The number of nitrogens with zero attached hydrogens (tertiary/aromatic N) is 2. The van der Waals surface area contributed by atoms with Crippen LogP contribution in [0.25, 0.3) is 5.76 Å². The lowest BCUT2D eigenvalue weighted by Gasteiger charge is -2.25. The van der Waals surface area contributed by atoms with Crippen LogP contribution in [0.5, 0.6) is 5.75 Å². The number of ketones is 1. The summed E-state index contributed by atoms with van der Waals surface area (Å²) in [6, 6.07) is 14.1. The lowest BCUT2D eigenvalue weighted by atomic mass is 9.95. The SMILES string of the molecule is CCCCN1C(=O)C(=O)/C(=C(\O)c2ccc(OCCC)cc2)C1c1ccc(N(C)C)cc1. The summed E-state index contributed by atoms with van der Waals surface area (Å²) in [6.07, 6.45) is 2.58. The highest BCUT2D eigenvalue weighted by molar-refractivity contribution is 6.46. The molecule has 1 unspecified atom stereocenters. The maximum absolute atomic E-state index is 13.0. The van der Waals surface area contributed by atoms with Crippen molar-refractivity contribution in [1.82, 2.24) is 4.90 Å². The van der Waals surface area contributed by atoms with Gasteiger partial charge in [-0.25, -0.2) is 0 Å². The van der Waals surface area contributed by atoms with E-state index in [0.717, 1.165) is 30.5 Å². The summed E-state index contributed by atoms with van der Waals surface area (Å²) in [6.45, 7) is 5.14. The predicted molar refractivity (Wildman–Crippen MR) is 127 cm³/mol. The van der Waals surface area contributed by atoms with E-state index < -0.39 is 17.7 Å². The molecule has 1 amide bonds. The molecular weight excluding hydrogens is 404 g/mol. The second-order valence-corrected chi connectivity index (χ2v) is 8.20. The number of benzene rings is 2. The van der Waals surface area contributed by atoms with Gasteiger partial charge in [0.2, 0.25) is 0 Å². The molecule has 2 aromatic carbocycles. The summed E-state index contributed by atoms with van der Waals surface area (Å²) in [5.74, 6) is -0.676. The Labute approximate surface area is 190 Å². The Hall–Kier alpha value is -3.28. The van der Waals surface area contributed by atoms with E-state index in [1.807, 2.05) is 57.1 Å². The number of aliphatic hydroxyl groups excluding tert-OH is 1. The van der Waals surface area contributed by atoms with Gasteiger partial charge in [0.1, 0.15) is 11.5 Å². The van der Waals surface area contributed by atoms with Crippen molar-refractivity contribution in [1.29, 1.82) is 0 Å². The van der Waals surface area contributed by atoms with Gasteiger partial charge < -0.3 is 19.6 Å². The first kappa shape index (κ1) is 23.4. The predicted octanol–water partition coefficient (Wildman–Crippen LogP) is 4.76. The first-order valence-electron chi connectivity index (χ1n) is 11.2. The minimum absolute atomic E-state index is 0.130. The molecule has 3 rings (SSSR count). The third-order valence-electron chi connectivity index (χ3n) is 5.62. The molecule has 0 spiro atoms. The van der Waals surface area contributed by atoms with Crippen LogP contribution in [0.1, 0.15) is 50.3 Å². The molecule has 0 aliphatic carbocycles. The summed E-state index contributed by atoms with van der Waals surface area (Å²) in [7, 11) is 3.91. The smallest absolute Gasteiger partial charge is 0.295 e. The largest absolute Gasteiger partial charge is 0.507 e. The highest BCUT2D eigenvalue weighted by atomic mass is 16.5. The summed E-state index contributed by atoms with van der Waals surface area (Å²) in [5.41, 5.74) is 2.43. The quantitative estimate of drug-likeness (QED) is 0.349. The highest BCUT2D eigenvalue weighted by Crippen LogP contribution is 2.40. The fourth-order valence-corrected chi connectivity index (χ4v) is 3.82. The van der Waals surface area contributed by atoms with E-state index in [1.165, 1.54) is 0 Å². The van der Waals surface area contributed by atoms with Crippen molar-refractivity contribution in [2.24, 2.45) is 0 Å². The van der Waals surface area contributed by atoms with Crippen molar-refractivity contribution >= 4 is 23.1 Å². The lowest BCUT2D eigenvalue weighted by Crippen LogP contribution is -2.30. The molecule has 2 aromatic rings. The molecule has 0 radical (unpaired) electrons. The van der Waals surface area contributed by atoms with Crippen molar-refractivity contribution in [3.05, 3.63) is 65.2 Å². The minimum Gasteiger partial charge on any atom is -0.507 e. The molecule has 0 aromatic heterocycles. The van der Waals surface area contributed by atoms with E-state index in [9.17, 15) is 14.7 Å². The first-order valence-corrected chi connectivity index (χ1v) is 11.2. The van der Waals surface area contributed by atoms with Gasteiger partial charge in [0, 0.05) is 31.9 Å². The van der Waals surface area contributed by atoms with Crippen LogP contribution in [0.3, 0.4) is 0 Å². The molecule has 0 saturated carbocycles. The number of carbonyl (C=O) groups is 2. The standard InChI is InChI=1S/C26H32N2O4/c1-5-7-16-28-23(18-8-12-20(13-9-18)27(3)4)22(25(30)26(28)31)24(29)19-10-14-21(15-11-19)32-17-6-2/h8-15,23,29H,5-7,16-17H2,1-4H3/b24-22-. The Morgan fingerprint density at radius 3 is 2.22 bits per heavy atom. The van der Waals surface area contributed by atoms with Gasteiger partial charge in [0.05, 0.1) is 18.2 Å². The molecule has 1 aliphatic heterocycles. The molecule has 1 aliphatic rings. The number of aliphatic hydroxyl groups is 1. The summed E-state index contributed by atoms with van der Waals surface area (Å²) < 4.78 is 5.60. The fourth-order valence-electron chi connectivity index (χ4n) is 3.82. The van der Waals surface area contributed by atoms with Gasteiger partial charge in [-0.2, -0.15) is 0 Å². The van der Waals surface area contributed by atoms with Crippen LogP contribution in [0.4, 0.5) is 5.69 Å². The molecule has 6 nitrogen and oxygen atoms in total. The number of ether oxygens (including phenoxy) is 1. The first-order chi connectivity index (χ1) is 15.4. The third kappa shape index (κ3) is 4.79. The average molecular weight is 437 g/mol. The number of carbonyl (C=O) groups excluding carboxylic acids is 2. The monoisotopic (exact) mass is 436 g/mol. The van der Waals surface area contributed by atoms with Crippen LogP contribution in [0.2, 0.25) is 0 Å². The maximum atomic E-state index is 13.0. The average Bonchev–Trinajstić information content (AvgIpc) is 3.06. The molecule has 170 valence electrons. The van der Waals surface area contributed by atoms with Crippen LogP contribution < -0.4 is 9.64 Å². The van der Waals surface area contributed by atoms with Crippen LogP contribution in [0.15, 0.2) is 54.1 Å². The molecule has 1 N–H and O–H groups in total. The number of likely N-dealkylation sites (tertiary alicyclic amines) is 1. The zero-order valence-corrected chi connectivity index (χ0v) is 19.3. The summed E-state index contributed by atoms with van der Waals surface area (Å²) in [4.78, 5) is 29.5. The van der Waals surface area contributed by atoms with E-state index in [-0.39, 0.29) is 11.3 Å². The van der Waals surface area contributed by atoms with Gasteiger partial charge in [0.25, 0.3) is 11.7 Å². The maximum Gasteiger partial charge on any atom is 0.295 e. The Bertz CT molecular complexity index is 978. The second kappa shape index (κ2) is 10.4. The van der Waals surface area contributed by atoms with Crippen LogP contribution in [-0.4, -0.2) is 48.9 Å². The number of hydrogen-bond acceptors (Lipinski definition) is 5. The van der Waals surface area contributed by atoms with E-state index in [0.29, 0.717) is 24.5 Å². The minimum atomic E-state index is -0.647. The summed E-state index contributed by atoms with van der Waals surface area (Å²) in [5, 5.41) is 11.1. The number of rotatable bonds is 9. The zero-order valence-electron chi connectivity index (χ0n) is 19.3. The summed E-state index contributed by atoms with van der Waals surface area (Å²) >= 11 is 0. The van der Waals surface area contributed by atoms with E-state index in [2.05, 4.69) is 0 Å². The van der Waals surface area contributed by atoms with Crippen molar-refractivity contribution in [2.75, 3.05) is 32.1 Å². The number of hydrogen-bond donors (Lipinski definition) is 1. The highest BCUT2D eigenvalue weighted by Gasteiger charge is 2.45. The molecule has 1 atom stereocenters. The number of Topliss-reactive ketones (excluding diaryl/α,β-unsaturated/α-hetero) is 1. The third-order valence-corrected chi connectivity index (χ3v) is 5.62. The Kier molecular flexibility index (Phi) is 7.57. The number of anilines is 1. The van der Waals surface area contributed by atoms with Gasteiger partial charge >= 0.3 is 0 Å². The number of amides is 1. The van der Waals surface area contributed by atoms with E-state index in [4.69, 9.17) is 4.74 Å². The molecular formula is C26H32N2O4. The van der Waals surface area contributed by atoms with Crippen LogP contribution in [-0.2, 0) is 9.59 Å². The normalized spacial score (nSPS) is 17.6. The molecule has 0 bridgehead atoms. The molecule has 32 heavy (non-hydrogen) atoms. The zero-order chi connectivity index (χ0) is 23.3. The van der Waals surface area contributed by atoms with Crippen molar-refractivity contribution in [3.63, 3.8) is 0 Å². The molecule has 1 heterocycles. The van der Waals surface area contributed by atoms with Crippen LogP contribution >= 0.6 is 0 Å². The number of unbranched alkanes of at least 4 members (excludes halogenated alkanes) is 1. The van der Waals surface area contributed by atoms with Gasteiger partial charge in [0.15, 0.2) is 0 Å². The van der Waals surface area contributed by atoms with Gasteiger partial charge in [-0.3, -0.25) is 9.59 Å². The molecule has 1 fully saturated rings. The fraction of sp³-hybridized carbons (Fsp3) is 0.385. The second-order valence-electron chi connectivity index (χ2n) is 8.20.